The number of carbonyl (C=O) groups excluding carboxylic acids is 1. The van der Waals surface area contributed by atoms with E-state index in [9.17, 15) is 4.79 Å². The number of benzene rings is 2. The minimum Gasteiger partial charge on any atom is -0.497 e. The van der Waals surface area contributed by atoms with E-state index in [4.69, 9.17) is 14.2 Å². The molecule has 5 heteroatoms. The van der Waals surface area contributed by atoms with Gasteiger partial charge in [0, 0.05) is 11.6 Å². The van der Waals surface area contributed by atoms with Crippen molar-refractivity contribution in [3.8, 4) is 17.2 Å². The second kappa shape index (κ2) is 8.62. The summed E-state index contributed by atoms with van der Waals surface area (Å²) in [6.07, 6.45) is 3.12. The van der Waals surface area contributed by atoms with Crippen molar-refractivity contribution in [2.75, 3.05) is 26.1 Å². The van der Waals surface area contributed by atoms with Crippen molar-refractivity contribution in [3.63, 3.8) is 0 Å². The molecule has 0 unspecified atom stereocenters. The Labute approximate surface area is 141 Å². The first-order chi connectivity index (χ1) is 11.7. The summed E-state index contributed by atoms with van der Waals surface area (Å²) >= 11 is 0. The predicted octanol–water partition coefficient (Wildman–Crippen LogP) is 3.75. The summed E-state index contributed by atoms with van der Waals surface area (Å²) in [5, 5.41) is 2.81. The highest BCUT2D eigenvalue weighted by Crippen LogP contribution is 2.26. The molecule has 0 aromatic heterocycles. The topological polar surface area (TPSA) is 56.8 Å². The normalized spacial score (nSPS) is 10.5. The molecule has 2 aromatic rings. The van der Waals surface area contributed by atoms with Gasteiger partial charge in [0.2, 0.25) is 5.91 Å². The molecule has 0 aliphatic heterocycles. The molecule has 126 valence electrons. The van der Waals surface area contributed by atoms with Crippen LogP contribution in [0.5, 0.6) is 17.2 Å². The lowest BCUT2D eigenvalue weighted by atomic mass is 10.1. The van der Waals surface area contributed by atoms with Gasteiger partial charge in [-0.2, -0.15) is 0 Å². The first-order valence-corrected chi connectivity index (χ1v) is 7.60. The Morgan fingerprint density at radius 3 is 2.58 bits per heavy atom. The Hall–Kier alpha value is -2.95. The molecule has 2 rings (SSSR count). The third-order valence-corrected chi connectivity index (χ3v) is 3.30. The average Bonchev–Trinajstić information content (AvgIpc) is 2.61. The van der Waals surface area contributed by atoms with E-state index in [2.05, 4.69) is 5.32 Å². The molecule has 0 saturated heterocycles. The largest absolute Gasteiger partial charge is 0.497 e. The predicted molar refractivity (Wildman–Crippen MR) is 94.8 cm³/mol. The van der Waals surface area contributed by atoms with Crippen LogP contribution in [-0.4, -0.2) is 26.7 Å². The van der Waals surface area contributed by atoms with Crippen LogP contribution in [0.3, 0.4) is 0 Å². The molecule has 1 N–H and O–H groups in total. The van der Waals surface area contributed by atoms with Crippen molar-refractivity contribution in [2.24, 2.45) is 0 Å². The Balaban J connectivity index is 2.14. The van der Waals surface area contributed by atoms with Gasteiger partial charge < -0.3 is 19.5 Å². The minimum atomic E-state index is -0.257. The maximum atomic E-state index is 12.2. The molecule has 24 heavy (non-hydrogen) atoms. The summed E-state index contributed by atoms with van der Waals surface area (Å²) in [5.41, 5.74) is 1.39. The molecule has 0 aliphatic rings. The van der Waals surface area contributed by atoms with Crippen LogP contribution in [0.2, 0.25) is 0 Å². The molecule has 1 amide bonds. The molecule has 0 heterocycles. The van der Waals surface area contributed by atoms with Crippen LogP contribution >= 0.6 is 0 Å². The highest BCUT2D eigenvalue weighted by Gasteiger charge is 2.06. The van der Waals surface area contributed by atoms with Gasteiger partial charge in [0.15, 0.2) is 0 Å². The van der Waals surface area contributed by atoms with Crippen molar-refractivity contribution in [1.29, 1.82) is 0 Å². The number of ether oxygens (including phenoxy) is 3. The van der Waals surface area contributed by atoms with Crippen LogP contribution in [0.15, 0.2) is 48.5 Å². The zero-order valence-corrected chi connectivity index (χ0v) is 14.0. The highest BCUT2D eigenvalue weighted by molar-refractivity contribution is 6.03. The molecular formula is C19H21NO4. The minimum absolute atomic E-state index is 0.257. The van der Waals surface area contributed by atoms with Crippen molar-refractivity contribution in [2.45, 2.75) is 6.92 Å². The van der Waals surface area contributed by atoms with Gasteiger partial charge in [-0.25, -0.2) is 0 Å². The Morgan fingerprint density at radius 2 is 1.88 bits per heavy atom. The fourth-order valence-electron chi connectivity index (χ4n) is 2.16. The van der Waals surface area contributed by atoms with Crippen LogP contribution in [0.1, 0.15) is 12.5 Å². The summed E-state index contributed by atoms with van der Waals surface area (Å²) in [6, 6.07) is 12.7. The van der Waals surface area contributed by atoms with E-state index in [0.717, 1.165) is 5.56 Å². The summed E-state index contributed by atoms with van der Waals surface area (Å²) < 4.78 is 16.0. The molecule has 2 aromatic carbocycles. The lowest BCUT2D eigenvalue weighted by Crippen LogP contribution is -2.09. The molecule has 0 saturated carbocycles. The first kappa shape index (κ1) is 17.4. The van der Waals surface area contributed by atoms with Gasteiger partial charge >= 0.3 is 0 Å². The molecule has 0 aliphatic carbocycles. The van der Waals surface area contributed by atoms with E-state index in [-0.39, 0.29) is 5.91 Å². The van der Waals surface area contributed by atoms with Crippen LogP contribution in [0, 0.1) is 0 Å². The van der Waals surface area contributed by atoms with Crippen molar-refractivity contribution in [1.82, 2.24) is 0 Å². The second-order valence-electron chi connectivity index (χ2n) is 4.86. The van der Waals surface area contributed by atoms with E-state index in [1.807, 2.05) is 25.1 Å². The van der Waals surface area contributed by atoms with Crippen LogP contribution in [-0.2, 0) is 4.79 Å². The number of methoxy groups -OCH3 is 2. The smallest absolute Gasteiger partial charge is 0.248 e. The third-order valence-electron chi connectivity index (χ3n) is 3.30. The fraction of sp³-hybridized carbons (Fsp3) is 0.211. The Kier molecular flexibility index (Phi) is 6.25. The number of carbonyl (C=O) groups is 1. The lowest BCUT2D eigenvalue weighted by molar-refractivity contribution is -0.111. The number of para-hydroxylation sites is 2. The van der Waals surface area contributed by atoms with Gasteiger partial charge in [0.05, 0.1) is 26.5 Å². The number of hydrogen-bond acceptors (Lipinski definition) is 4. The van der Waals surface area contributed by atoms with Crippen LogP contribution in [0.4, 0.5) is 5.69 Å². The van der Waals surface area contributed by atoms with Gasteiger partial charge in [-0.1, -0.05) is 12.1 Å². The second-order valence-corrected chi connectivity index (χ2v) is 4.86. The first-order valence-electron chi connectivity index (χ1n) is 7.60. The number of rotatable bonds is 7. The summed E-state index contributed by atoms with van der Waals surface area (Å²) in [6.45, 7) is 2.43. The monoisotopic (exact) mass is 327 g/mol. The summed E-state index contributed by atoms with van der Waals surface area (Å²) in [4.78, 5) is 12.2. The molecule has 0 radical (unpaired) electrons. The van der Waals surface area contributed by atoms with Crippen molar-refractivity contribution < 1.29 is 19.0 Å². The molecular weight excluding hydrogens is 306 g/mol. The number of anilines is 1. The quantitative estimate of drug-likeness (QED) is 0.787. The van der Waals surface area contributed by atoms with Crippen LogP contribution in [0.25, 0.3) is 6.08 Å². The maximum absolute atomic E-state index is 12.2. The van der Waals surface area contributed by atoms with E-state index < -0.39 is 0 Å². The van der Waals surface area contributed by atoms with Gasteiger partial charge in [0.25, 0.3) is 0 Å². The van der Waals surface area contributed by atoms with Gasteiger partial charge in [-0.3, -0.25) is 4.79 Å². The fourth-order valence-corrected chi connectivity index (χ4v) is 2.16. The summed E-state index contributed by atoms with van der Waals surface area (Å²) in [5.74, 6) is 1.74. The zero-order chi connectivity index (χ0) is 17.4. The average molecular weight is 327 g/mol. The van der Waals surface area contributed by atoms with Crippen molar-refractivity contribution in [3.05, 3.63) is 54.1 Å². The van der Waals surface area contributed by atoms with Crippen LogP contribution < -0.4 is 19.5 Å². The van der Waals surface area contributed by atoms with E-state index in [0.29, 0.717) is 29.5 Å². The number of nitrogens with one attached hydrogen (secondary N) is 1. The van der Waals surface area contributed by atoms with E-state index in [1.165, 1.54) is 6.08 Å². The Bertz CT molecular complexity index is 725. The highest BCUT2D eigenvalue weighted by atomic mass is 16.5. The van der Waals surface area contributed by atoms with E-state index >= 15 is 0 Å². The molecule has 0 spiro atoms. The number of amides is 1. The standard InChI is InChI=1S/C19H21NO4/c1-4-24-18-8-6-5-7-16(18)20-19(21)12-9-14-13-15(22-2)10-11-17(14)23-3/h5-13H,4H2,1-3H3,(H,20,21)/b12-9+. The molecule has 5 nitrogen and oxygen atoms in total. The SMILES string of the molecule is CCOc1ccccc1NC(=O)/C=C/c1cc(OC)ccc1OC. The summed E-state index contributed by atoms with van der Waals surface area (Å²) in [7, 11) is 3.17. The third kappa shape index (κ3) is 4.52. The maximum Gasteiger partial charge on any atom is 0.248 e. The number of hydrogen-bond donors (Lipinski definition) is 1. The van der Waals surface area contributed by atoms with Gasteiger partial charge in [-0.05, 0) is 43.3 Å². The Morgan fingerprint density at radius 1 is 1.08 bits per heavy atom. The van der Waals surface area contributed by atoms with Crippen molar-refractivity contribution >= 4 is 17.7 Å². The van der Waals surface area contributed by atoms with Gasteiger partial charge in [-0.15, -0.1) is 0 Å². The lowest BCUT2D eigenvalue weighted by Gasteiger charge is -2.10. The zero-order valence-electron chi connectivity index (χ0n) is 14.0. The molecule has 0 bridgehead atoms. The molecule has 0 atom stereocenters. The van der Waals surface area contributed by atoms with E-state index in [1.54, 1.807) is 44.6 Å². The van der Waals surface area contributed by atoms with Gasteiger partial charge in [0.1, 0.15) is 17.2 Å². The molecule has 0 fully saturated rings.